The van der Waals surface area contributed by atoms with Crippen LogP contribution in [0.25, 0.3) is 5.57 Å². The van der Waals surface area contributed by atoms with Crippen molar-refractivity contribution in [2.75, 3.05) is 5.73 Å². The molecule has 0 unspecified atom stereocenters. The zero-order chi connectivity index (χ0) is 9.68. The lowest BCUT2D eigenvalue weighted by Crippen LogP contribution is -1.86. The van der Waals surface area contributed by atoms with E-state index < -0.39 is 0 Å². The van der Waals surface area contributed by atoms with Crippen LogP contribution >= 0.6 is 0 Å². The predicted molar refractivity (Wildman–Crippen MR) is 53.8 cm³/mol. The summed E-state index contributed by atoms with van der Waals surface area (Å²) >= 11 is 0. The Bertz CT molecular complexity index is 346. The van der Waals surface area contributed by atoms with Gasteiger partial charge < -0.3 is 5.73 Å². The SMILES string of the molecule is C=C/C=C(\C=C/C)c1nc(N)n[nH]1. The van der Waals surface area contributed by atoms with Gasteiger partial charge in [0.05, 0.1) is 0 Å². The van der Waals surface area contributed by atoms with Gasteiger partial charge in [-0.2, -0.15) is 4.98 Å². The van der Waals surface area contributed by atoms with Crippen LogP contribution in [-0.2, 0) is 0 Å². The Kier molecular flexibility index (Phi) is 3.03. The van der Waals surface area contributed by atoms with Crippen LogP contribution < -0.4 is 5.73 Å². The van der Waals surface area contributed by atoms with Crippen molar-refractivity contribution >= 4 is 11.5 Å². The van der Waals surface area contributed by atoms with Gasteiger partial charge in [-0.25, -0.2) is 0 Å². The van der Waals surface area contributed by atoms with E-state index in [0.717, 1.165) is 5.57 Å². The minimum absolute atomic E-state index is 0.245. The zero-order valence-electron chi connectivity index (χ0n) is 7.49. The number of anilines is 1. The molecule has 0 amide bonds. The summed E-state index contributed by atoms with van der Waals surface area (Å²) in [6, 6.07) is 0. The number of hydrogen-bond acceptors (Lipinski definition) is 3. The molecule has 0 spiro atoms. The molecule has 0 aliphatic rings. The Morgan fingerprint density at radius 1 is 1.62 bits per heavy atom. The van der Waals surface area contributed by atoms with E-state index in [1.165, 1.54) is 0 Å². The molecule has 4 heteroatoms. The minimum Gasteiger partial charge on any atom is -0.366 e. The first-order chi connectivity index (χ1) is 6.27. The second kappa shape index (κ2) is 4.25. The smallest absolute Gasteiger partial charge is 0.239 e. The molecule has 0 fully saturated rings. The van der Waals surface area contributed by atoms with E-state index in [4.69, 9.17) is 5.73 Å². The van der Waals surface area contributed by atoms with E-state index in [0.29, 0.717) is 5.82 Å². The molecule has 0 radical (unpaired) electrons. The maximum absolute atomic E-state index is 5.38. The van der Waals surface area contributed by atoms with E-state index in [2.05, 4.69) is 21.8 Å². The van der Waals surface area contributed by atoms with Crippen LogP contribution in [-0.4, -0.2) is 15.2 Å². The normalized spacial score (nSPS) is 12.2. The quantitative estimate of drug-likeness (QED) is 0.686. The highest BCUT2D eigenvalue weighted by Gasteiger charge is 2.01. The molecular formula is C9H12N4. The Morgan fingerprint density at radius 2 is 2.38 bits per heavy atom. The molecule has 1 rings (SSSR count). The molecule has 0 bridgehead atoms. The third-order valence-electron chi connectivity index (χ3n) is 1.42. The Labute approximate surface area is 76.9 Å². The van der Waals surface area contributed by atoms with Gasteiger partial charge in [-0.3, -0.25) is 5.10 Å². The van der Waals surface area contributed by atoms with E-state index >= 15 is 0 Å². The number of nitrogens with two attached hydrogens (primary N) is 1. The summed E-state index contributed by atoms with van der Waals surface area (Å²) in [6.07, 6.45) is 7.34. The molecule has 68 valence electrons. The van der Waals surface area contributed by atoms with Crippen molar-refractivity contribution in [1.29, 1.82) is 0 Å². The summed E-state index contributed by atoms with van der Waals surface area (Å²) < 4.78 is 0. The van der Waals surface area contributed by atoms with Gasteiger partial charge in [0.1, 0.15) is 0 Å². The van der Waals surface area contributed by atoms with Gasteiger partial charge in [0.15, 0.2) is 5.82 Å². The van der Waals surface area contributed by atoms with Crippen LogP contribution in [0.1, 0.15) is 12.7 Å². The number of aromatic amines is 1. The fourth-order valence-corrected chi connectivity index (χ4v) is 0.924. The van der Waals surface area contributed by atoms with E-state index in [1.54, 1.807) is 6.08 Å². The topological polar surface area (TPSA) is 67.6 Å². The molecule has 0 saturated carbocycles. The zero-order valence-corrected chi connectivity index (χ0v) is 7.49. The standard InChI is InChI=1S/C9H12N4/c1-3-5-7(6-4-2)8-11-9(10)13-12-8/h3-6H,1H2,2H3,(H3,10,11,12,13)/b6-4-,7-5+. The number of hydrogen-bond donors (Lipinski definition) is 2. The number of nitrogens with one attached hydrogen (secondary N) is 1. The van der Waals surface area contributed by atoms with Gasteiger partial charge in [0.2, 0.25) is 5.95 Å². The van der Waals surface area contributed by atoms with Gasteiger partial charge in [-0.05, 0) is 6.92 Å². The first kappa shape index (κ1) is 9.25. The molecule has 1 heterocycles. The van der Waals surface area contributed by atoms with Gasteiger partial charge in [-0.1, -0.05) is 30.9 Å². The van der Waals surface area contributed by atoms with Crippen molar-refractivity contribution in [3.05, 3.63) is 36.7 Å². The molecular weight excluding hydrogens is 164 g/mol. The maximum Gasteiger partial charge on any atom is 0.239 e. The van der Waals surface area contributed by atoms with Gasteiger partial charge >= 0.3 is 0 Å². The Hall–Kier alpha value is -1.84. The van der Waals surface area contributed by atoms with Crippen molar-refractivity contribution in [2.45, 2.75) is 6.92 Å². The van der Waals surface area contributed by atoms with Crippen LogP contribution in [0.15, 0.2) is 30.9 Å². The Morgan fingerprint density at radius 3 is 2.85 bits per heavy atom. The molecule has 3 N–H and O–H groups in total. The molecule has 0 saturated heterocycles. The van der Waals surface area contributed by atoms with E-state index in [-0.39, 0.29) is 5.95 Å². The van der Waals surface area contributed by atoms with Crippen LogP contribution in [0.3, 0.4) is 0 Å². The van der Waals surface area contributed by atoms with Crippen molar-refractivity contribution in [3.63, 3.8) is 0 Å². The number of rotatable bonds is 3. The fourth-order valence-electron chi connectivity index (χ4n) is 0.924. The van der Waals surface area contributed by atoms with Gasteiger partial charge in [0.25, 0.3) is 0 Å². The number of H-pyrrole nitrogens is 1. The van der Waals surface area contributed by atoms with E-state index in [1.807, 2.05) is 25.2 Å². The lowest BCUT2D eigenvalue weighted by Gasteiger charge is -1.92. The van der Waals surface area contributed by atoms with Crippen molar-refractivity contribution < 1.29 is 0 Å². The monoisotopic (exact) mass is 176 g/mol. The second-order valence-electron chi connectivity index (χ2n) is 2.40. The van der Waals surface area contributed by atoms with Crippen LogP contribution in [0.4, 0.5) is 5.95 Å². The lowest BCUT2D eigenvalue weighted by atomic mass is 10.2. The number of aromatic nitrogens is 3. The summed E-state index contributed by atoms with van der Waals surface area (Å²) in [5, 5.41) is 6.46. The number of allylic oxidation sites excluding steroid dienone is 5. The third-order valence-corrected chi connectivity index (χ3v) is 1.42. The second-order valence-corrected chi connectivity index (χ2v) is 2.40. The summed E-state index contributed by atoms with van der Waals surface area (Å²) in [5.41, 5.74) is 6.28. The highest BCUT2D eigenvalue weighted by Crippen LogP contribution is 2.11. The Balaban J connectivity index is 3.01. The molecule has 4 nitrogen and oxygen atoms in total. The van der Waals surface area contributed by atoms with Crippen LogP contribution in [0, 0.1) is 0 Å². The molecule has 0 aliphatic heterocycles. The first-order valence-electron chi connectivity index (χ1n) is 3.91. The lowest BCUT2D eigenvalue weighted by molar-refractivity contribution is 1.08. The third kappa shape index (κ3) is 2.30. The number of nitrogen functional groups attached to an aromatic ring is 1. The molecule has 0 aliphatic carbocycles. The van der Waals surface area contributed by atoms with Gasteiger partial charge in [-0.15, -0.1) is 5.10 Å². The maximum atomic E-state index is 5.38. The predicted octanol–water partition coefficient (Wildman–Crippen LogP) is 1.53. The number of nitrogens with zero attached hydrogens (tertiary/aromatic N) is 2. The summed E-state index contributed by atoms with van der Waals surface area (Å²) in [4.78, 5) is 3.99. The average Bonchev–Trinajstić information content (AvgIpc) is 2.51. The largest absolute Gasteiger partial charge is 0.366 e. The highest BCUT2D eigenvalue weighted by atomic mass is 15.3. The summed E-state index contributed by atoms with van der Waals surface area (Å²) in [5.74, 6) is 0.893. The molecule has 0 atom stereocenters. The molecule has 1 aromatic heterocycles. The van der Waals surface area contributed by atoms with Crippen molar-refractivity contribution in [1.82, 2.24) is 15.2 Å². The fraction of sp³-hybridized carbons (Fsp3) is 0.111. The minimum atomic E-state index is 0.245. The van der Waals surface area contributed by atoms with E-state index in [9.17, 15) is 0 Å². The van der Waals surface area contributed by atoms with Crippen LogP contribution in [0.5, 0.6) is 0 Å². The van der Waals surface area contributed by atoms with Crippen LogP contribution in [0.2, 0.25) is 0 Å². The van der Waals surface area contributed by atoms with Gasteiger partial charge in [0, 0.05) is 5.57 Å². The highest BCUT2D eigenvalue weighted by molar-refractivity contribution is 5.70. The average molecular weight is 176 g/mol. The van der Waals surface area contributed by atoms with Crippen molar-refractivity contribution in [3.8, 4) is 0 Å². The molecule has 0 aromatic carbocycles. The summed E-state index contributed by atoms with van der Waals surface area (Å²) in [6.45, 7) is 5.54. The van der Waals surface area contributed by atoms with Crippen molar-refractivity contribution in [2.24, 2.45) is 0 Å². The molecule has 13 heavy (non-hydrogen) atoms. The molecule has 1 aromatic rings. The first-order valence-corrected chi connectivity index (χ1v) is 3.91. The summed E-state index contributed by atoms with van der Waals surface area (Å²) in [7, 11) is 0.